The Kier molecular flexibility index (Phi) is 12.3. The average molecular weight is 332 g/mol. The van der Waals surface area contributed by atoms with Crippen molar-refractivity contribution in [1.29, 1.82) is 0 Å². The van der Waals surface area contributed by atoms with Crippen molar-refractivity contribution >= 4 is 5.97 Å². The molecule has 0 heterocycles. The summed E-state index contributed by atoms with van der Waals surface area (Å²) in [6.07, 6.45) is 5.50. The van der Waals surface area contributed by atoms with E-state index in [2.05, 4.69) is 6.92 Å². The van der Waals surface area contributed by atoms with Gasteiger partial charge in [0.15, 0.2) is 0 Å². The highest BCUT2D eigenvalue weighted by Crippen LogP contribution is 2.17. The van der Waals surface area contributed by atoms with E-state index in [1.807, 2.05) is 6.92 Å². The van der Waals surface area contributed by atoms with E-state index in [9.17, 15) is 20.1 Å². The summed E-state index contributed by atoms with van der Waals surface area (Å²) >= 11 is 0. The van der Waals surface area contributed by atoms with Crippen LogP contribution < -0.4 is 5.73 Å². The van der Waals surface area contributed by atoms with E-state index >= 15 is 0 Å². The number of carbonyl (C=O) groups is 1. The van der Waals surface area contributed by atoms with Crippen LogP contribution in [0.4, 0.5) is 0 Å². The molecule has 0 saturated heterocycles. The third kappa shape index (κ3) is 9.25. The maximum Gasteiger partial charge on any atom is 0.323 e. The SMILES string of the molecule is CCCCCCCC(C)N(CCC(O)CN)C(C(=O)O)C(C)O. The maximum atomic E-state index is 11.5. The highest BCUT2D eigenvalue weighted by molar-refractivity contribution is 5.74. The second kappa shape index (κ2) is 12.7. The lowest BCUT2D eigenvalue weighted by molar-refractivity contribution is -0.149. The molecule has 0 fully saturated rings. The summed E-state index contributed by atoms with van der Waals surface area (Å²) in [5.41, 5.74) is 5.42. The standard InChI is InChI=1S/C17H36N2O4/c1-4-5-6-7-8-9-13(2)19(11-10-15(21)12-18)16(14(3)20)17(22)23/h13-16,20-21H,4-12,18H2,1-3H3,(H,22,23). The van der Waals surface area contributed by atoms with E-state index < -0.39 is 24.2 Å². The summed E-state index contributed by atoms with van der Waals surface area (Å²) in [5.74, 6) is -1.03. The third-order valence-corrected chi connectivity index (χ3v) is 4.35. The lowest BCUT2D eigenvalue weighted by Crippen LogP contribution is -2.52. The summed E-state index contributed by atoms with van der Waals surface area (Å²) in [7, 11) is 0. The van der Waals surface area contributed by atoms with Crippen LogP contribution in [0, 0.1) is 0 Å². The van der Waals surface area contributed by atoms with Crippen LogP contribution in [-0.4, -0.2) is 63.6 Å². The minimum atomic E-state index is -1.03. The number of hydrogen-bond acceptors (Lipinski definition) is 5. The van der Waals surface area contributed by atoms with E-state index in [0.29, 0.717) is 13.0 Å². The molecule has 4 atom stereocenters. The van der Waals surface area contributed by atoms with E-state index in [4.69, 9.17) is 5.73 Å². The molecule has 0 aromatic heterocycles. The Hall–Kier alpha value is -0.690. The number of aliphatic hydroxyl groups excluding tert-OH is 2. The fourth-order valence-electron chi connectivity index (χ4n) is 2.88. The Labute approximate surface area is 140 Å². The van der Waals surface area contributed by atoms with Crippen LogP contribution in [0.2, 0.25) is 0 Å². The highest BCUT2D eigenvalue weighted by atomic mass is 16.4. The normalized spacial score (nSPS) is 17.0. The zero-order valence-corrected chi connectivity index (χ0v) is 14.9. The fraction of sp³-hybridized carbons (Fsp3) is 0.941. The van der Waals surface area contributed by atoms with Gasteiger partial charge in [0, 0.05) is 19.1 Å². The third-order valence-electron chi connectivity index (χ3n) is 4.35. The summed E-state index contributed by atoms with van der Waals surface area (Å²) < 4.78 is 0. The average Bonchev–Trinajstić information content (AvgIpc) is 2.49. The second-order valence-corrected chi connectivity index (χ2v) is 6.49. The van der Waals surface area contributed by atoms with Gasteiger partial charge in [-0.3, -0.25) is 9.69 Å². The molecule has 0 rings (SSSR count). The van der Waals surface area contributed by atoms with Gasteiger partial charge in [-0.25, -0.2) is 0 Å². The van der Waals surface area contributed by atoms with Gasteiger partial charge >= 0.3 is 5.97 Å². The number of rotatable bonds is 14. The van der Waals surface area contributed by atoms with Gasteiger partial charge in [-0.1, -0.05) is 39.0 Å². The molecule has 0 aliphatic heterocycles. The zero-order valence-electron chi connectivity index (χ0n) is 14.9. The zero-order chi connectivity index (χ0) is 17.8. The van der Waals surface area contributed by atoms with Crippen molar-refractivity contribution in [2.24, 2.45) is 5.73 Å². The first-order chi connectivity index (χ1) is 10.8. The van der Waals surface area contributed by atoms with Gasteiger partial charge in [0.1, 0.15) is 6.04 Å². The lowest BCUT2D eigenvalue weighted by Gasteiger charge is -2.36. The lowest BCUT2D eigenvalue weighted by atomic mass is 10.0. The van der Waals surface area contributed by atoms with Gasteiger partial charge in [-0.15, -0.1) is 0 Å². The van der Waals surface area contributed by atoms with Gasteiger partial charge in [0.25, 0.3) is 0 Å². The number of carboxylic acids is 1. The van der Waals surface area contributed by atoms with Gasteiger partial charge in [0.2, 0.25) is 0 Å². The molecule has 0 spiro atoms. The molecule has 5 N–H and O–H groups in total. The molecule has 6 nitrogen and oxygen atoms in total. The molecule has 23 heavy (non-hydrogen) atoms. The van der Waals surface area contributed by atoms with Gasteiger partial charge in [-0.2, -0.15) is 0 Å². The predicted molar refractivity (Wildman–Crippen MR) is 92.3 cm³/mol. The molecule has 0 radical (unpaired) electrons. The predicted octanol–water partition coefficient (Wildman–Crippen LogP) is 1.58. The van der Waals surface area contributed by atoms with Crippen molar-refractivity contribution in [3.63, 3.8) is 0 Å². The summed E-state index contributed by atoms with van der Waals surface area (Å²) in [5, 5.41) is 29.0. The van der Waals surface area contributed by atoms with Crippen LogP contribution in [0.25, 0.3) is 0 Å². The molecule has 0 aromatic rings. The maximum absolute atomic E-state index is 11.5. The molecule has 0 aliphatic carbocycles. The summed E-state index contributed by atoms with van der Waals surface area (Å²) in [6, 6.07) is -0.914. The van der Waals surface area contributed by atoms with Crippen molar-refractivity contribution in [2.45, 2.75) is 90.0 Å². The van der Waals surface area contributed by atoms with E-state index in [-0.39, 0.29) is 12.6 Å². The molecule has 4 unspecified atom stereocenters. The van der Waals surface area contributed by atoms with E-state index in [1.165, 1.54) is 26.2 Å². The minimum absolute atomic E-state index is 0.0392. The Balaban J connectivity index is 4.70. The molecule has 0 bridgehead atoms. The van der Waals surface area contributed by atoms with Crippen LogP contribution in [0.5, 0.6) is 0 Å². The first-order valence-electron chi connectivity index (χ1n) is 8.89. The molecule has 0 aliphatic rings. The Morgan fingerprint density at radius 3 is 2.17 bits per heavy atom. The molecule has 0 aromatic carbocycles. The highest BCUT2D eigenvalue weighted by Gasteiger charge is 2.33. The van der Waals surface area contributed by atoms with Crippen molar-refractivity contribution < 1.29 is 20.1 Å². The fourth-order valence-corrected chi connectivity index (χ4v) is 2.88. The number of aliphatic carboxylic acids is 1. The number of hydrogen-bond donors (Lipinski definition) is 4. The quantitative estimate of drug-likeness (QED) is 0.360. The molecule has 6 heteroatoms. The molecule has 138 valence electrons. The molecule has 0 saturated carbocycles. The monoisotopic (exact) mass is 332 g/mol. The minimum Gasteiger partial charge on any atom is -0.480 e. The van der Waals surface area contributed by atoms with Crippen LogP contribution in [0.3, 0.4) is 0 Å². The topological polar surface area (TPSA) is 107 Å². The van der Waals surface area contributed by atoms with Crippen molar-refractivity contribution in [1.82, 2.24) is 4.90 Å². The van der Waals surface area contributed by atoms with Crippen molar-refractivity contribution in [2.75, 3.05) is 13.1 Å². The van der Waals surface area contributed by atoms with E-state index in [1.54, 1.807) is 4.90 Å². The Morgan fingerprint density at radius 2 is 1.70 bits per heavy atom. The number of nitrogens with zero attached hydrogens (tertiary/aromatic N) is 1. The van der Waals surface area contributed by atoms with Gasteiger partial charge in [-0.05, 0) is 26.7 Å². The first-order valence-corrected chi connectivity index (χ1v) is 8.89. The van der Waals surface area contributed by atoms with Crippen LogP contribution in [0.1, 0.15) is 65.7 Å². The number of aliphatic hydroxyl groups is 2. The van der Waals surface area contributed by atoms with Crippen molar-refractivity contribution in [3.8, 4) is 0 Å². The summed E-state index contributed by atoms with van der Waals surface area (Å²) in [6.45, 7) is 6.24. The van der Waals surface area contributed by atoms with Gasteiger partial charge < -0.3 is 21.1 Å². The Morgan fingerprint density at radius 1 is 1.09 bits per heavy atom. The smallest absolute Gasteiger partial charge is 0.323 e. The molecular weight excluding hydrogens is 296 g/mol. The Bertz CT molecular complexity index is 313. The van der Waals surface area contributed by atoms with Crippen LogP contribution in [-0.2, 0) is 4.79 Å². The number of nitrogens with two attached hydrogens (primary N) is 1. The van der Waals surface area contributed by atoms with Gasteiger partial charge in [0.05, 0.1) is 12.2 Å². The molecule has 0 amide bonds. The van der Waals surface area contributed by atoms with E-state index in [0.717, 1.165) is 19.3 Å². The number of unbranched alkanes of at least 4 members (excludes halogenated alkanes) is 4. The first kappa shape index (κ1) is 22.3. The van der Waals surface area contributed by atoms with Crippen LogP contribution >= 0.6 is 0 Å². The largest absolute Gasteiger partial charge is 0.480 e. The number of carboxylic acid groups (broad SMARTS) is 1. The van der Waals surface area contributed by atoms with Crippen LogP contribution in [0.15, 0.2) is 0 Å². The van der Waals surface area contributed by atoms with Crippen molar-refractivity contribution in [3.05, 3.63) is 0 Å². The summed E-state index contributed by atoms with van der Waals surface area (Å²) in [4.78, 5) is 13.3. The molecular formula is C17H36N2O4. The second-order valence-electron chi connectivity index (χ2n) is 6.49.